The molecule has 0 fully saturated rings. The van der Waals surface area contributed by atoms with E-state index in [0.717, 1.165) is 53.6 Å². The van der Waals surface area contributed by atoms with Gasteiger partial charge in [0.25, 0.3) is 0 Å². The Bertz CT molecular complexity index is 627. The van der Waals surface area contributed by atoms with E-state index in [9.17, 15) is 0 Å². The van der Waals surface area contributed by atoms with Crippen molar-refractivity contribution in [1.29, 1.82) is 0 Å². The molecule has 0 atom stereocenters. The molecule has 0 bridgehead atoms. The van der Waals surface area contributed by atoms with Gasteiger partial charge in [-0.25, -0.2) is 9.97 Å². The average molecular weight is 270 g/mol. The molecule has 0 aromatic carbocycles. The zero-order valence-corrected chi connectivity index (χ0v) is 11.8. The first kappa shape index (κ1) is 13.0. The highest BCUT2D eigenvalue weighted by molar-refractivity contribution is 5.62. The molecule has 1 aliphatic heterocycles. The quantitative estimate of drug-likeness (QED) is 0.927. The second-order valence-electron chi connectivity index (χ2n) is 4.84. The lowest BCUT2D eigenvalue weighted by Gasteiger charge is -2.20. The molecule has 104 valence electrons. The fourth-order valence-electron chi connectivity index (χ4n) is 2.36. The Hall–Kier alpha value is -2.01. The van der Waals surface area contributed by atoms with Crippen molar-refractivity contribution in [3.8, 4) is 11.4 Å². The third kappa shape index (κ3) is 2.36. The van der Waals surface area contributed by atoms with Crippen LogP contribution in [0.15, 0.2) is 18.5 Å². The molecule has 3 rings (SSSR count). The zero-order valence-electron chi connectivity index (χ0n) is 11.8. The number of nitrogens with one attached hydrogen (secondary N) is 1. The minimum atomic E-state index is 0.587. The Morgan fingerprint density at radius 3 is 3.05 bits per heavy atom. The minimum Gasteiger partial charge on any atom is -0.376 e. The Kier molecular flexibility index (Phi) is 3.60. The molecule has 0 saturated carbocycles. The summed E-state index contributed by atoms with van der Waals surface area (Å²) in [5, 5.41) is 3.31. The number of aromatic nitrogens is 3. The topological polar surface area (TPSA) is 59.9 Å². The highest BCUT2D eigenvalue weighted by Gasteiger charge is 2.19. The van der Waals surface area contributed by atoms with Crippen molar-refractivity contribution in [2.45, 2.75) is 26.9 Å². The lowest BCUT2D eigenvalue weighted by Crippen LogP contribution is -2.17. The van der Waals surface area contributed by atoms with E-state index in [1.54, 1.807) is 6.20 Å². The van der Waals surface area contributed by atoms with Crippen molar-refractivity contribution < 1.29 is 4.74 Å². The molecule has 1 N–H and O–H groups in total. The first-order chi connectivity index (χ1) is 9.79. The molecule has 0 amide bonds. The van der Waals surface area contributed by atoms with Gasteiger partial charge in [0.1, 0.15) is 5.82 Å². The van der Waals surface area contributed by atoms with Crippen LogP contribution < -0.4 is 5.32 Å². The first-order valence-corrected chi connectivity index (χ1v) is 6.92. The van der Waals surface area contributed by atoms with Crippen LogP contribution in [0, 0.1) is 6.92 Å². The maximum absolute atomic E-state index is 5.52. The molecule has 1 aliphatic rings. The number of rotatable bonds is 3. The standard InChI is InChI=1S/C15H18N4O/c1-3-17-14-12-9-20-7-5-13(12)18-15(19-14)11-8-16-6-4-10(11)2/h4,6,8H,3,5,7,9H2,1-2H3,(H,17,18,19). The second kappa shape index (κ2) is 5.54. The van der Waals surface area contributed by atoms with Crippen LogP contribution in [0.5, 0.6) is 0 Å². The molecule has 20 heavy (non-hydrogen) atoms. The molecule has 2 aromatic rings. The summed E-state index contributed by atoms with van der Waals surface area (Å²) in [7, 11) is 0. The summed E-state index contributed by atoms with van der Waals surface area (Å²) >= 11 is 0. The summed E-state index contributed by atoms with van der Waals surface area (Å²) in [4.78, 5) is 13.6. The Morgan fingerprint density at radius 2 is 2.25 bits per heavy atom. The highest BCUT2D eigenvalue weighted by Crippen LogP contribution is 2.27. The normalized spacial score (nSPS) is 13.9. The monoisotopic (exact) mass is 270 g/mol. The molecule has 3 heterocycles. The maximum Gasteiger partial charge on any atom is 0.163 e. The number of aryl methyl sites for hydroxylation is 1. The van der Waals surface area contributed by atoms with Gasteiger partial charge in [0.05, 0.1) is 18.9 Å². The lowest BCUT2D eigenvalue weighted by atomic mass is 10.1. The fraction of sp³-hybridized carbons (Fsp3) is 0.400. The number of ether oxygens (including phenoxy) is 1. The van der Waals surface area contributed by atoms with E-state index < -0.39 is 0 Å². The van der Waals surface area contributed by atoms with Crippen LogP contribution in [0.4, 0.5) is 5.82 Å². The summed E-state index contributed by atoms with van der Waals surface area (Å²) in [5.41, 5.74) is 4.29. The van der Waals surface area contributed by atoms with E-state index in [2.05, 4.69) is 29.1 Å². The number of pyridine rings is 1. The first-order valence-electron chi connectivity index (χ1n) is 6.92. The summed E-state index contributed by atoms with van der Waals surface area (Å²) in [6, 6.07) is 1.98. The van der Waals surface area contributed by atoms with E-state index in [0.29, 0.717) is 6.61 Å². The number of fused-ring (bicyclic) bond motifs is 1. The van der Waals surface area contributed by atoms with Crippen molar-refractivity contribution in [2.75, 3.05) is 18.5 Å². The van der Waals surface area contributed by atoms with Crippen LogP contribution in [0.2, 0.25) is 0 Å². The smallest absolute Gasteiger partial charge is 0.163 e. The van der Waals surface area contributed by atoms with Crippen LogP contribution in [0.1, 0.15) is 23.7 Å². The Balaban J connectivity index is 2.13. The molecule has 5 nitrogen and oxygen atoms in total. The van der Waals surface area contributed by atoms with Crippen molar-refractivity contribution in [3.63, 3.8) is 0 Å². The predicted octanol–water partition coefficient (Wildman–Crippen LogP) is 2.35. The number of nitrogens with zero attached hydrogens (tertiary/aromatic N) is 3. The molecular formula is C15H18N4O. The van der Waals surface area contributed by atoms with Gasteiger partial charge in [0, 0.05) is 36.5 Å². The molecular weight excluding hydrogens is 252 g/mol. The number of hydrogen-bond donors (Lipinski definition) is 1. The summed E-state index contributed by atoms with van der Waals surface area (Å²) in [6.45, 7) is 6.25. The number of hydrogen-bond acceptors (Lipinski definition) is 5. The average Bonchev–Trinajstić information content (AvgIpc) is 2.48. The molecule has 0 radical (unpaired) electrons. The summed E-state index contributed by atoms with van der Waals surface area (Å²) < 4.78 is 5.52. The molecule has 0 unspecified atom stereocenters. The number of anilines is 1. The Labute approximate surface area is 118 Å². The van der Waals surface area contributed by atoms with Crippen molar-refractivity contribution in [2.24, 2.45) is 0 Å². The van der Waals surface area contributed by atoms with E-state index in [-0.39, 0.29) is 0 Å². The van der Waals surface area contributed by atoms with Gasteiger partial charge in [-0.1, -0.05) is 0 Å². The van der Waals surface area contributed by atoms with Gasteiger partial charge in [-0.3, -0.25) is 4.98 Å². The van der Waals surface area contributed by atoms with Crippen molar-refractivity contribution >= 4 is 5.82 Å². The van der Waals surface area contributed by atoms with Crippen molar-refractivity contribution in [1.82, 2.24) is 15.0 Å². The van der Waals surface area contributed by atoms with Crippen molar-refractivity contribution in [3.05, 3.63) is 35.3 Å². The molecule has 0 saturated heterocycles. The zero-order chi connectivity index (χ0) is 13.9. The maximum atomic E-state index is 5.52. The molecule has 2 aromatic heterocycles. The van der Waals surface area contributed by atoms with Gasteiger partial charge >= 0.3 is 0 Å². The molecule has 5 heteroatoms. The van der Waals surface area contributed by atoms with Crippen LogP contribution in [-0.4, -0.2) is 28.1 Å². The van der Waals surface area contributed by atoms with Crippen LogP contribution in [0.3, 0.4) is 0 Å². The minimum absolute atomic E-state index is 0.587. The van der Waals surface area contributed by atoms with Gasteiger partial charge in [-0.05, 0) is 25.5 Å². The third-order valence-corrected chi connectivity index (χ3v) is 3.45. The lowest BCUT2D eigenvalue weighted by molar-refractivity contribution is 0.109. The van der Waals surface area contributed by atoms with Gasteiger partial charge in [0.2, 0.25) is 0 Å². The van der Waals surface area contributed by atoms with Gasteiger partial charge in [-0.15, -0.1) is 0 Å². The molecule has 0 aliphatic carbocycles. The van der Waals surface area contributed by atoms with Gasteiger partial charge in [0.15, 0.2) is 5.82 Å². The van der Waals surface area contributed by atoms with E-state index >= 15 is 0 Å². The van der Waals surface area contributed by atoms with Crippen LogP contribution in [-0.2, 0) is 17.8 Å². The Morgan fingerprint density at radius 1 is 1.35 bits per heavy atom. The van der Waals surface area contributed by atoms with E-state index in [1.807, 2.05) is 12.3 Å². The predicted molar refractivity (Wildman–Crippen MR) is 77.5 cm³/mol. The van der Waals surface area contributed by atoms with E-state index in [1.165, 1.54) is 0 Å². The van der Waals surface area contributed by atoms with Gasteiger partial charge < -0.3 is 10.1 Å². The fourth-order valence-corrected chi connectivity index (χ4v) is 2.36. The second-order valence-corrected chi connectivity index (χ2v) is 4.84. The third-order valence-electron chi connectivity index (χ3n) is 3.45. The summed E-state index contributed by atoms with van der Waals surface area (Å²) in [5.74, 6) is 1.63. The van der Waals surface area contributed by atoms with Crippen LogP contribution in [0.25, 0.3) is 11.4 Å². The highest BCUT2D eigenvalue weighted by atomic mass is 16.5. The molecule has 0 spiro atoms. The summed E-state index contributed by atoms with van der Waals surface area (Å²) in [6.07, 6.45) is 4.45. The van der Waals surface area contributed by atoms with E-state index in [4.69, 9.17) is 9.72 Å². The SMILES string of the molecule is CCNc1nc(-c2cnccc2C)nc2c1COCC2. The largest absolute Gasteiger partial charge is 0.376 e. The van der Waals surface area contributed by atoms with Gasteiger partial charge in [-0.2, -0.15) is 0 Å². The van der Waals surface area contributed by atoms with Crippen LogP contribution >= 0.6 is 0 Å².